The van der Waals surface area contributed by atoms with Gasteiger partial charge in [-0.15, -0.1) is 0 Å². The zero-order chi connectivity index (χ0) is 10.3. The molecule has 0 aromatic heterocycles. The zero-order valence-corrected chi connectivity index (χ0v) is 8.19. The first-order valence-corrected chi connectivity index (χ1v) is 4.86. The molecule has 0 heterocycles. The quantitative estimate of drug-likeness (QED) is 0.758. The summed E-state index contributed by atoms with van der Waals surface area (Å²) in [6, 6.07) is 2.43. The van der Waals surface area contributed by atoms with Crippen LogP contribution in [-0.2, 0) is 0 Å². The fourth-order valence-electron chi connectivity index (χ4n) is 1.74. The SMILES string of the molecule is NC[C@@H]1C[C@H]1c1c(F)ccc(Cl)c1F. The Morgan fingerprint density at radius 2 is 2.14 bits per heavy atom. The Morgan fingerprint density at radius 3 is 2.71 bits per heavy atom. The van der Waals surface area contributed by atoms with Gasteiger partial charge in [0.2, 0.25) is 0 Å². The van der Waals surface area contributed by atoms with Gasteiger partial charge in [-0.2, -0.15) is 0 Å². The molecule has 1 aromatic carbocycles. The van der Waals surface area contributed by atoms with Crippen LogP contribution in [0.5, 0.6) is 0 Å². The highest BCUT2D eigenvalue weighted by Crippen LogP contribution is 2.49. The van der Waals surface area contributed by atoms with E-state index in [9.17, 15) is 8.78 Å². The topological polar surface area (TPSA) is 26.0 Å². The summed E-state index contributed by atoms with van der Waals surface area (Å²) in [7, 11) is 0. The Balaban J connectivity index is 2.38. The average molecular weight is 218 g/mol. The van der Waals surface area contributed by atoms with Crippen molar-refractivity contribution in [3.8, 4) is 0 Å². The van der Waals surface area contributed by atoms with E-state index in [0.717, 1.165) is 6.42 Å². The summed E-state index contributed by atoms with van der Waals surface area (Å²) in [4.78, 5) is 0. The number of nitrogens with two attached hydrogens (primary N) is 1. The van der Waals surface area contributed by atoms with Crippen LogP contribution in [0.25, 0.3) is 0 Å². The van der Waals surface area contributed by atoms with Gasteiger partial charge in [-0.25, -0.2) is 8.78 Å². The second-order valence-electron chi connectivity index (χ2n) is 3.59. The van der Waals surface area contributed by atoms with E-state index < -0.39 is 11.6 Å². The van der Waals surface area contributed by atoms with E-state index in [4.69, 9.17) is 17.3 Å². The van der Waals surface area contributed by atoms with Crippen LogP contribution in [-0.4, -0.2) is 6.54 Å². The highest BCUT2D eigenvalue weighted by molar-refractivity contribution is 6.30. The van der Waals surface area contributed by atoms with Gasteiger partial charge in [-0.1, -0.05) is 11.6 Å². The van der Waals surface area contributed by atoms with Crippen LogP contribution in [0.1, 0.15) is 17.9 Å². The van der Waals surface area contributed by atoms with E-state index in [2.05, 4.69) is 0 Å². The van der Waals surface area contributed by atoms with Crippen molar-refractivity contribution in [3.05, 3.63) is 34.4 Å². The van der Waals surface area contributed by atoms with E-state index in [1.54, 1.807) is 0 Å². The fraction of sp³-hybridized carbons (Fsp3) is 0.400. The third-order valence-corrected chi connectivity index (χ3v) is 2.97. The molecule has 0 spiro atoms. The summed E-state index contributed by atoms with van der Waals surface area (Å²) in [6.45, 7) is 0.468. The van der Waals surface area contributed by atoms with Crippen LogP contribution < -0.4 is 5.73 Å². The van der Waals surface area contributed by atoms with Gasteiger partial charge in [-0.3, -0.25) is 0 Å². The molecule has 0 amide bonds. The number of rotatable bonds is 2. The molecule has 14 heavy (non-hydrogen) atoms. The summed E-state index contributed by atoms with van der Waals surface area (Å²) in [5.74, 6) is -1.03. The second kappa shape index (κ2) is 3.48. The van der Waals surface area contributed by atoms with Gasteiger partial charge in [-0.05, 0) is 36.9 Å². The molecule has 0 saturated heterocycles. The highest BCUT2D eigenvalue weighted by Gasteiger charge is 2.40. The molecule has 4 heteroatoms. The van der Waals surface area contributed by atoms with E-state index in [1.807, 2.05) is 0 Å². The normalized spacial score (nSPS) is 25.1. The van der Waals surface area contributed by atoms with Crippen LogP contribution in [0.3, 0.4) is 0 Å². The molecule has 0 unspecified atom stereocenters. The third kappa shape index (κ3) is 1.51. The summed E-state index contributed by atoms with van der Waals surface area (Å²) in [5.41, 5.74) is 5.53. The van der Waals surface area contributed by atoms with Gasteiger partial charge < -0.3 is 5.73 Å². The lowest BCUT2D eigenvalue weighted by Gasteiger charge is -2.04. The Morgan fingerprint density at radius 1 is 1.43 bits per heavy atom. The molecule has 1 nitrogen and oxygen atoms in total. The van der Waals surface area contributed by atoms with Gasteiger partial charge in [0.05, 0.1) is 5.02 Å². The minimum atomic E-state index is -0.632. The number of hydrogen-bond donors (Lipinski definition) is 1. The van der Waals surface area contributed by atoms with Crippen LogP contribution in [0, 0.1) is 17.6 Å². The van der Waals surface area contributed by atoms with E-state index in [-0.39, 0.29) is 22.4 Å². The summed E-state index contributed by atoms with van der Waals surface area (Å²) >= 11 is 5.58. The Kier molecular flexibility index (Phi) is 2.45. The van der Waals surface area contributed by atoms with Gasteiger partial charge in [0.1, 0.15) is 11.6 Å². The van der Waals surface area contributed by atoms with Crippen molar-refractivity contribution in [2.24, 2.45) is 11.7 Å². The monoisotopic (exact) mass is 217 g/mol. The molecular formula is C10H10ClF2N. The zero-order valence-electron chi connectivity index (χ0n) is 7.43. The number of halogens is 3. The first kappa shape index (κ1) is 9.87. The van der Waals surface area contributed by atoms with Gasteiger partial charge >= 0.3 is 0 Å². The van der Waals surface area contributed by atoms with Crippen molar-refractivity contribution in [2.75, 3.05) is 6.54 Å². The summed E-state index contributed by atoms with van der Waals surface area (Å²) < 4.78 is 26.7. The van der Waals surface area contributed by atoms with E-state index >= 15 is 0 Å². The summed E-state index contributed by atoms with van der Waals surface area (Å²) in [5, 5.41) is -0.0240. The maximum atomic E-state index is 13.5. The third-order valence-electron chi connectivity index (χ3n) is 2.68. The maximum Gasteiger partial charge on any atom is 0.148 e. The Hall–Kier alpha value is -0.670. The van der Waals surface area contributed by atoms with Gasteiger partial charge in [0.15, 0.2) is 0 Å². The molecule has 2 rings (SSSR count). The van der Waals surface area contributed by atoms with Crippen LogP contribution in [0.2, 0.25) is 5.02 Å². The molecule has 0 radical (unpaired) electrons. The minimum absolute atomic E-state index is 0.0240. The van der Waals surface area contributed by atoms with Crippen molar-refractivity contribution < 1.29 is 8.78 Å². The van der Waals surface area contributed by atoms with Gasteiger partial charge in [0, 0.05) is 5.56 Å². The first-order chi connectivity index (χ1) is 6.65. The highest BCUT2D eigenvalue weighted by atomic mass is 35.5. The lowest BCUT2D eigenvalue weighted by atomic mass is 10.1. The summed E-state index contributed by atoms with van der Waals surface area (Å²) in [6.07, 6.45) is 0.755. The molecule has 1 fully saturated rings. The molecule has 1 saturated carbocycles. The standard InChI is InChI=1S/C10H10ClF2N/c11-7-1-2-8(12)9(10(7)13)6-3-5(6)4-14/h1-2,5-6H,3-4,14H2/t5-,6+/m0/s1. The van der Waals surface area contributed by atoms with Crippen molar-refractivity contribution in [1.29, 1.82) is 0 Å². The van der Waals surface area contributed by atoms with Crippen molar-refractivity contribution >= 4 is 11.6 Å². The molecule has 0 bridgehead atoms. The number of benzene rings is 1. The average Bonchev–Trinajstić information content (AvgIpc) is 2.92. The molecule has 76 valence electrons. The van der Waals surface area contributed by atoms with Crippen LogP contribution in [0.15, 0.2) is 12.1 Å². The van der Waals surface area contributed by atoms with E-state index in [0.29, 0.717) is 6.54 Å². The predicted octanol–water partition coefficient (Wildman–Crippen LogP) is 2.68. The second-order valence-corrected chi connectivity index (χ2v) is 4.00. The molecule has 1 aliphatic rings. The lowest BCUT2D eigenvalue weighted by molar-refractivity contribution is 0.552. The van der Waals surface area contributed by atoms with Crippen LogP contribution >= 0.6 is 11.6 Å². The van der Waals surface area contributed by atoms with Crippen molar-refractivity contribution in [2.45, 2.75) is 12.3 Å². The number of hydrogen-bond acceptors (Lipinski definition) is 1. The lowest BCUT2D eigenvalue weighted by Crippen LogP contribution is -2.04. The molecule has 2 N–H and O–H groups in total. The fourth-order valence-corrected chi connectivity index (χ4v) is 1.91. The minimum Gasteiger partial charge on any atom is -0.330 e. The van der Waals surface area contributed by atoms with Crippen LogP contribution in [0.4, 0.5) is 8.78 Å². The molecular weight excluding hydrogens is 208 g/mol. The Bertz CT molecular complexity index is 367. The predicted molar refractivity (Wildman–Crippen MR) is 51.3 cm³/mol. The first-order valence-electron chi connectivity index (χ1n) is 4.48. The van der Waals surface area contributed by atoms with Crippen molar-refractivity contribution in [3.63, 3.8) is 0 Å². The van der Waals surface area contributed by atoms with Gasteiger partial charge in [0.25, 0.3) is 0 Å². The largest absolute Gasteiger partial charge is 0.330 e. The molecule has 2 atom stereocenters. The Labute approximate surface area is 85.9 Å². The molecule has 0 aliphatic heterocycles. The smallest absolute Gasteiger partial charge is 0.148 e. The van der Waals surface area contributed by atoms with E-state index in [1.165, 1.54) is 12.1 Å². The maximum absolute atomic E-state index is 13.5. The van der Waals surface area contributed by atoms with Crippen molar-refractivity contribution in [1.82, 2.24) is 0 Å². The molecule has 1 aliphatic carbocycles. The molecule has 1 aromatic rings.